The average Bonchev–Trinajstić information content (AvgIpc) is 2.68. The maximum absolute atomic E-state index is 12.1. The topological polar surface area (TPSA) is 110 Å². The van der Waals surface area contributed by atoms with Crippen molar-refractivity contribution >= 4 is 18.2 Å². The molecule has 0 atom stereocenters. The minimum Gasteiger partial charge on any atom is -0.504 e. The minimum absolute atomic E-state index is 0.0651. The van der Waals surface area contributed by atoms with E-state index in [0.29, 0.717) is 11.3 Å². The summed E-state index contributed by atoms with van der Waals surface area (Å²) in [5.41, 5.74) is 3.27. The number of phenolic OH excluding ortho intramolecular Hbond substituents is 1. The SMILES string of the molecule is COc1cc(C(=O)N/N=C/c2ccc(OC(=O)N(C)C)c(OC)c2)ccc1O. The number of nitrogens with one attached hydrogen (secondary N) is 1. The number of amides is 2. The fourth-order valence-corrected chi connectivity index (χ4v) is 2.08. The van der Waals surface area contributed by atoms with Gasteiger partial charge in [-0.25, -0.2) is 10.2 Å². The molecule has 2 amide bonds. The van der Waals surface area contributed by atoms with Crippen molar-refractivity contribution in [1.82, 2.24) is 10.3 Å². The van der Waals surface area contributed by atoms with Crippen molar-refractivity contribution in [2.75, 3.05) is 28.3 Å². The molecule has 0 saturated carbocycles. The maximum Gasteiger partial charge on any atom is 0.414 e. The van der Waals surface area contributed by atoms with Crippen molar-refractivity contribution < 1.29 is 28.9 Å². The standard InChI is InChI=1S/C19H21N3O6/c1-22(2)19(25)28-15-8-5-12(9-17(15)27-4)11-20-21-18(24)13-6-7-14(23)16(10-13)26-3/h5-11,23H,1-4H3,(H,21,24)/b20-11+. The highest BCUT2D eigenvalue weighted by Crippen LogP contribution is 2.28. The van der Waals surface area contributed by atoms with Gasteiger partial charge in [0.05, 0.1) is 20.4 Å². The zero-order chi connectivity index (χ0) is 20.7. The minimum atomic E-state index is -0.531. The van der Waals surface area contributed by atoms with Gasteiger partial charge in [0.1, 0.15) is 0 Å². The van der Waals surface area contributed by atoms with Gasteiger partial charge < -0.3 is 24.2 Å². The zero-order valence-corrected chi connectivity index (χ0v) is 15.9. The Balaban J connectivity index is 2.07. The number of methoxy groups -OCH3 is 2. The summed E-state index contributed by atoms with van der Waals surface area (Å²) in [4.78, 5) is 25.1. The summed E-state index contributed by atoms with van der Waals surface area (Å²) in [7, 11) is 5.98. The number of ether oxygens (including phenoxy) is 3. The summed E-state index contributed by atoms with van der Waals surface area (Å²) in [5.74, 6) is 0.249. The molecule has 0 fully saturated rings. The molecule has 0 unspecified atom stereocenters. The lowest BCUT2D eigenvalue weighted by Crippen LogP contribution is -2.25. The van der Waals surface area contributed by atoms with Crippen LogP contribution in [0.2, 0.25) is 0 Å². The summed E-state index contributed by atoms with van der Waals surface area (Å²) in [6.45, 7) is 0. The van der Waals surface area contributed by atoms with E-state index in [1.165, 1.54) is 43.5 Å². The van der Waals surface area contributed by atoms with E-state index in [0.717, 1.165) is 0 Å². The Morgan fingerprint density at radius 3 is 2.39 bits per heavy atom. The van der Waals surface area contributed by atoms with Crippen LogP contribution in [-0.4, -0.2) is 56.5 Å². The van der Waals surface area contributed by atoms with E-state index < -0.39 is 12.0 Å². The Hall–Kier alpha value is -3.75. The van der Waals surface area contributed by atoms with Crippen LogP contribution in [0.25, 0.3) is 0 Å². The summed E-state index contributed by atoms with van der Waals surface area (Å²) >= 11 is 0. The number of hydrogen-bond acceptors (Lipinski definition) is 7. The number of aromatic hydroxyl groups is 1. The fourth-order valence-electron chi connectivity index (χ4n) is 2.08. The second-order valence-electron chi connectivity index (χ2n) is 5.76. The van der Waals surface area contributed by atoms with Gasteiger partial charge in [0, 0.05) is 19.7 Å². The first-order valence-corrected chi connectivity index (χ1v) is 8.13. The molecule has 2 N–H and O–H groups in total. The monoisotopic (exact) mass is 387 g/mol. The van der Waals surface area contributed by atoms with E-state index in [4.69, 9.17) is 14.2 Å². The van der Waals surface area contributed by atoms with Crippen molar-refractivity contribution in [3.63, 3.8) is 0 Å². The van der Waals surface area contributed by atoms with Gasteiger partial charge in [0.2, 0.25) is 0 Å². The Kier molecular flexibility index (Phi) is 6.80. The molecule has 9 nitrogen and oxygen atoms in total. The van der Waals surface area contributed by atoms with Crippen molar-refractivity contribution in [3.8, 4) is 23.0 Å². The molecule has 28 heavy (non-hydrogen) atoms. The second kappa shape index (κ2) is 9.26. The number of benzene rings is 2. The molecule has 2 aromatic rings. The molecule has 0 radical (unpaired) electrons. The second-order valence-corrected chi connectivity index (χ2v) is 5.76. The third-order valence-electron chi connectivity index (χ3n) is 3.57. The third kappa shape index (κ3) is 5.13. The fraction of sp³-hybridized carbons (Fsp3) is 0.211. The molecule has 0 spiro atoms. The number of nitrogens with zero attached hydrogens (tertiary/aromatic N) is 2. The van der Waals surface area contributed by atoms with E-state index in [1.807, 2.05) is 0 Å². The van der Waals surface area contributed by atoms with Crippen molar-refractivity contribution in [1.29, 1.82) is 0 Å². The van der Waals surface area contributed by atoms with E-state index in [9.17, 15) is 14.7 Å². The summed E-state index contributed by atoms with van der Waals surface area (Å²) in [5, 5.41) is 13.5. The van der Waals surface area contributed by atoms with Gasteiger partial charge in [-0.15, -0.1) is 0 Å². The van der Waals surface area contributed by atoms with Crippen LogP contribution in [0.1, 0.15) is 15.9 Å². The number of hydrazone groups is 1. The molecule has 2 aromatic carbocycles. The molecule has 0 aliphatic carbocycles. The van der Waals surface area contributed by atoms with Crippen LogP contribution < -0.4 is 19.6 Å². The van der Waals surface area contributed by atoms with E-state index in [1.54, 1.807) is 32.3 Å². The molecule has 0 aromatic heterocycles. The lowest BCUT2D eigenvalue weighted by molar-refractivity contribution is 0.0954. The Labute approximate surface area is 162 Å². The lowest BCUT2D eigenvalue weighted by atomic mass is 10.2. The van der Waals surface area contributed by atoms with Crippen LogP contribution in [0.15, 0.2) is 41.5 Å². The van der Waals surface area contributed by atoms with Crippen LogP contribution >= 0.6 is 0 Å². The largest absolute Gasteiger partial charge is 0.504 e. The predicted molar refractivity (Wildman–Crippen MR) is 102 cm³/mol. The van der Waals surface area contributed by atoms with Gasteiger partial charge in [-0.3, -0.25) is 4.79 Å². The average molecular weight is 387 g/mol. The van der Waals surface area contributed by atoms with Crippen LogP contribution in [0.5, 0.6) is 23.0 Å². The number of carbonyl (C=O) groups is 2. The van der Waals surface area contributed by atoms with Crippen molar-refractivity contribution in [2.24, 2.45) is 5.10 Å². The highest BCUT2D eigenvalue weighted by Gasteiger charge is 2.12. The highest BCUT2D eigenvalue weighted by atomic mass is 16.6. The Morgan fingerprint density at radius 1 is 1.04 bits per heavy atom. The molecule has 9 heteroatoms. The van der Waals surface area contributed by atoms with Crippen molar-refractivity contribution in [3.05, 3.63) is 47.5 Å². The van der Waals surface area contributed by atoms with Gasteiger partial charge in [0.15, 0.2) is 23.0 Å². The van der Waals surface area contributed by atoms with Crippen LogP contribution in [0.4, 0.5) is 4.79 Å². The van der Waals surface area contributed by atoms with Gasteiger partial charge in [-0.05, 0) is 42.0 Å². The lowest BCUT2D eigenvalue weighted by Gasteiger charge is -2.13. The molecule has 0 bridgehead atoms. The van der Waals surface area contributed by atoms with Crippen molar-refractivity contribution in [2.45, 2.75) is 0 Å². The highest BCUT2D eigenvalue weighted by molar-refractivity contribution is 5.95. The first-order chi connectivity index (χ1) is 13.3. The normalized spacial score (nSPS) is 10.4. The van der Waals surface area contributed by atoms with Gasteiger partial charge in [-0.2, -0.15) is 5.10 Å². The quantitative estimate of drug-likeness (QED) is 0.581. The summed E-state index contributed by atoms with van der Waals surface area (Å²) < 4.78 is 15.4. The summed E-state index contributed by atoms with van der Waals surface area (Å²) in [6.07, 6.45) is 0.881. The first-order valence-electron chi connectivity index (χ1n) is 8.13. The molecule has 0 saturated heterocycles. The Bertz CT molecular complexity index is 895. The Morgan fingerprint density at radius 2 is 1.75 bits per heavy atom. The number of rotatable bonds is 6. The smallest absolute Gasteiger partial charge is 0.414 e. The van der Waals surface area contributed by atoms with Gasteiger partial charge in [0.25, 0.3) is 5.91 Å². The van der Waals surface area contributed by atoms with Crippen LogP contribution in [0, 0.1) is 0 Å². The first kappa shape index (κ1) is 20.6. The van der Waals surface area contributed by atoms with Crippen LogP contribution in [0.3, 0.4) is 0 Å². The third-order valence-corrected chi connectivity index (χ3v) is 3.57. The molecule has 0 aliphatic heterocycles. The van der Waals surface area contributed by atoms with Crippen LogP contribution in [-0.2, 0) is 0 Å². The molecular weight excluding hydrogens is 366 g/mol. The molecule has 0 heterocycles. The maximum atomic E-state index is 12.1. The number of phenols is 1. The number of carbonyl (C=O) groups excluding carboxylic acids is 2. The van der Waals surface area contributed by atoms with E-state index >= 15 is 0 Å². The number of hydrogen-bond donors (Lipinski definition) is 2. The summed E-state index contributed by atoms with van der Waals surface area (Å²) in [6, 6.07) is 9.03. The van der Waals surface area contributed by atoms with E-state index in [-0.39, 0.29) is 22.8 Å². The molecule has 2 rings (SSSR count). The van der Waals surface area contributed by atoms with Gasteiger partial charge >= 0.3 is 6.09 Å². The van der Waals surface area contributed by atoms with Gasteiger partial charge in [-0.1, -0.05) is 0 Å². The predicted octanol–water partition coefficient (Wildman–Crippen LogP) is 2.23. The molecular formula is C19H21N3O6. The molecule has 0 aliphatic rings. The molecule has 148 valence electrons. The van der Waals surface area contributed by atoms with E-state index in [2.05, 4.69) is 10.5 Å². The zero-order valence-electron chi connectivity index (χ0n) is 15.9.